The molecule has 1 saturated carbocycles. The van der Waals surface area contributed by atoms with Gasteiger partial charge in [0.15, 0.2) is 0 Å². The van der Waals surface area contributed by atoms with Crippen LogP contribution in [0.5, 0.6) is 0 Å². The zero-order valence-electron chi connectivity index (χ0n) is 11.9. The van der Waals surface area contributed by atoms with Crippen molar-refractivity contribution in [1.29, 1.82) is 0 Å². The van der Waals surface area contributed by atoms with Gasteiger partial charge in [0.05, 0.1) is 0 Å². The van der Waals surface area contributed by atoms with Crippen molar-refractivity contribution < 1.29 is 0 Å². The van der Waals surface area contributed by atoms with Gasteiger partial charge >= 0.3 is 0 Å². The summed E-state index contributed by atoms with van der Waals surface area (Å²) in [5.74, 6) is 0.945. The third-order valence-electron chi connectivity index (χ3n) is 5.50. The Morgan fingerprint density at radius 2 is 1.56 bits per heavy atom. The summed E-state index contributed by atoms with van der Waals surface area (Å²) in [5.41, 5.74) is 0. The monoisotopic (exact) mass is 250 g/mol. The van der Waals surface area contributed by atoms with Crippen molar-refractivity contribution >= 4 is 0 Å². The van der Waals surface area contributed by atoms with Crippen LogP contribution in [0.1, 0.15) is 64.2 Å². The summed E-state index contributed by atoms with van der Waals surface area (Å²) in [6.45, 7) is 4.06. The first-order chi connectivity index (χ1) is 8.93. The Bertz CT molecular complexity index is 245. The van der Waals surface area contributed by atoms with Gasteiger partial charge < -0.3 is 10.2 Å². The van der Waals surface area contributed by atoms with Crippen molar-refractivity contribution in [3.05, 3.63) is 0 Å². The Balaban J connectivity index is 1.48. The number of hydrogen-bond donors (Lipinski definition) is 1. The first-order valence-corrected chi connectivity index (χ1v) is 8.41. The van der Waals surface area contributed by atoms with Crippen molar-refractivity contribution in [1.82, 2.24) is 10.2 Å². The number of fused-ring (bicyclic) bond motifs is 1. The quantitative estimate of drug-likeness (QED) is 0.827. The van der Waals surface area contributed by atoms with Gasteiger partial charge in [0, 0.05) is 12.1 Å². The zero-order chi connectivity index (χ0) is 12.2. The van der Waals surface area contributed by atoms with Crippen LogP contribution in [0.3, 0.4) is 0 Å². The molecule has 0 amide bonds. The van der Waals surface area contributed by atoms with Crippen molar-refractivity contribution in [2.45, 2.75) is 76.3 Å². The first-order valence-electron chi connectivity index (χ1n) is 8.41. The van der Waals surface area contributed by atoms with Crippen LogP contribution in [0.2, 0.25) is 0 Å². The Morgan fingerprint density at radius 1 is 0.778 bits per heavy atom. The van der Waals surface area contributed by atoms with Crippen LogP contribution >= 0.6 is 0 Å². The van der Waals surface area contributed by atoms with Gasteiger partial charge in [-0.05, 0) is 64.1 Å². The fourth-order valence-corrected chi connectivity index (χ4v) is 4.44. The van der Waals surface area contributed by atoms with E-state index >= 15 is 0 Å². The summed E-state index contributed by atoms with van der Waals surface area (Å²) in [4.78, 5) is 2.79. The van der Waals surface area contributed by atoms with E-state index in [2.05, 4.69) is 10.2 Å². The predicted molar refractivity (Wildman–Crippen MR) is 76.8 cm³/mol. The van der Waals surface area contributed by atoms with Gasteiger partial charge in [0.2, 0.25) is 0 Å². The molecular weight excluding hydrogens is 220 g/mol. The molecule has 3 rings (SSSR count). The molecule has 0 radical (unpaired) electrons. The van der Waals surface area contributed by atoms with E-state index in [1.54, 1.807) is 0 Å². The van der Waals surface area contributed by atoms with Crippen LogP contribution in [-0.2, 0) is 0 Å². The standard InChI is InChI=1S/C16H30N2/c1-2-8-15(9-3-1)17-13-14-7-6-12-18-11-5-4-10-16(14)18/h14-17H,1-13H2. The highest BCUT2D eigenvalue weighted by molar-refractivity contribution is 4.88. The van der Waals surface area contributed by atoms with Crippen LogP contribution in [0.15, 0.2) is 0 Å². The minimum Gasteiger partial charge on any atom is -0.314 e. The van der Waals surface area contributed by atoms with E-state index in [9.17, 15) is 0 Å². The van der Waals surface area contributed by atoms with Crippen molar-refractivity contribution in [2.24, 2.45) is 5.92 Å². The molecule has 1 aliphatic carbocycles. The van der Waals surface area contributed by atoms with Gasteiger partial charge in [-0.3, -0.25) is 0 Å². The molecule has 2 atom stereocenters. The van der Waals surface area contributed by atoms with E-state index in [4.69, 9.17) is 0 Å². The minimum atomic E-state index is 0.845. The summed E-state index contributed by atoms with van der Waals surface area (Å²) in [5, 5.41) is 3.90. The molecule has 3 fully saturated rings. The highest BCUT2D eigenvalue weighted by Gasteiger charge is 2.32. The maximum absolute atomic E-state index is 3.90. The molecule has 2 nitrogen and oxygen atoms in total. The molecule has 0 aromatic heterocycles. The van der Waals surface area contributed by atoms with Crippen molar-refractivity contribution in [3.8, 4) is 0 Å². The van der Waals surface area contributed by atoms with Gasteiger partial charge in [0.25, 0.3) is 0 Å². The smallest absolute Gasteiger partial charge is 0.0136 e. The molecule has 104 valence electrons. The van der Waals surface area contributed by atoms with Crippen LogP contribution in [0.4, 0.5) is 0 Å². The van der Waals surface area contributed by atoms with Crippen LogP contribution < -0.4 is 5.32 Å². The molecule has 0 aromatic rings. The number of rotatable bonds is 3. The van der Waals surface area contributed by atoms with E-state index in [-0.39, 0.29) is 0 Å². The Morgan fingerprint density at radius 3 is 2.44 bits per heavy atom. The van der Waals surface area contributed by atoms with E-state index in [0.29, 0.717) is 0 Å². The highest BCUT2D eigenvalue weighted by atomic mass is 15.2. The fraction of sp³-hybridized carbons (Fsp3) is 1.00. The average Bonchev–Trinajstić information content (AvgIpc) is 2.46. The molecule has 1 N–H and O–H groups in total. The predicted octanol–water partition coefficient (Wildman–Crippen LogP) is 3.17. The fourth-order valence-electron chi connectivity index (χ4n) is 4.44. The third kappa shape index (κ3) is 3.08. The van der Waals surface area contributed by atoms with Crippen LogP contribution in [0, 0.1) is 5.92 Å². The molecular formula is C16H30N2. The molecule has 2 heteroatoms. The summed E-state index contributed by atoms with van der Waals surface area (Å²) in [6, 6.07) is 1.77. The molecule has 0 spiro atoms. The summed E-state index contributed by atoms with van der Waals surface area (Å²) in [6.07, 6.45) is 14.5. The molecule has 2 aliphatic heterocycles. The number of nitrogens with zero attached hydrogens (tertiary/aromatic N) is 1. The normalized spacial score (nSPS) is 35.3. The maximum Gasteiger partial charge on any atom is 0.0136 e. The topological polar surface area (TPSA) is 15.3 Å². The number of hydrogen-bond acceptors (Lipinski definition) is 2. The number of piperidine rings is 2. The average molecular weight is 250 g/mol. The first kappa shape index (κ1) is 12.9. The second kappa shape index (κ2) is 6.38. The molecule has 0 bridgehead atoms. The van der Waals surface area contributed by atoms with E-state index in [1.807, 2.05) is 0 Å². The van der Waals surface area contributed by atoms with Gasteiger partial charge in [0.1, 0.15) is 0 Å². The van der Waals surface area contributed by atoms with Crippen molar-refractivity contribution in [3.63, 3.8) is 0 Å². The summed E-state index contributed by atoms with van der Waals surface area (Å²) in [7, 11) is 0. The maximum atomic E-state index is 3.90. The Labute approximate surface area is 113 Å². The van der Waals surface area contributed by atoms with E-state index in [1.165, 1.54) is 83.8 Å². The molecule has 0 aromatic carbocycles. The van der Waals surface area contributed by atoms with Crippen LogP contribution in [0.25, 0.3) is 0 Å². The van der Waals surface area contributed by atoms with Crippen molar-refractivity contribution in [2.75, 3.05) is 19.6 Å². The molecule has 2 heterocycles. The lowest BCUT2D eigenvalue weighted by atomic mass is 9.83. The molecule has 18 heavy (non-hydrogen) atoms. The van der Waals surface area contributed by atoms with Gasteiger partial charge in [-0.25, -0.2) is 0 Å². The second-order valence-electron chi connectivity index (χ2n) is 6.74. The van der Waals surface area contributed by atoms with Crippen LogP contribution in [-0.4, -0.2) is 36.6 Å². The van der Waals surface area contributed by atoms with Gasteiger partial charge in [-0.1, -0.05) is 25.7 Å². The molecule has 3 aliphatic rings. The Hall–Kier alpha value is -0.0800. The molecule has 2 unspecified atom stereocenters. The highest BCUT2D eigenvalue weighted by Crippen LogP contribution is 2.30. The lowest BCUT2D eigenvalue weighted by Crippen LogP contribution is -2.51. The second-order valence-corrected chi connectivity index (χ2v) is 6.74. The lowest BCUT2D eigenvalue weighted by molar-refractivity contribution is 0.0576. The SMILES string of the molecule is C1CCC(NCC2CCCN3CCCCC23)CC1. The zero-order valence-corrected chi connectivity index (χ0v) is 11.9. The molecule has 2 saturated heterocycles. The van der Waals surface area contributed by atoms with Gasteiger partial charge in [-0.15, -0.1) is 0 Å². The van der Waals surface area contributed by atoms with E-state index in [0.717, 1.165) is 18.0 Å². The summed E-state index contributed by atoms with van der Waals surface area (Å²) >= 11 is 0. The largest absolute Gasteiger partial charge is 0.314 e. The van der Waals surface area contributed by atoms with Gasteiger partial charge in [-0.2, -0.15) is 0 Å². The minimum absolute atomic E-state index is 0.845. The van der Waals surface area contributed by atoms with E-state index < -0.39 is 0 Å². The summed E-state index contributed by atoms with van der Waals surface area (Å²) < 4.78 is 0. The third-order valence-corrected chi connectivity index (χ3v) is 5.50. The Kier molecular flexibility index (Phi) is 4.58. The lowest BCUT2D eigenvalue weighted by Gasteiger charge is -2.45. The number of nitrogens with one attached hydrogen (secondary N) is 1.